The molecule has 1 aliphatic rings. The number of hydrogen-bond donors (Lipinski definition) is 2. The summed E-state index contributed by atoms with van der Waals surface area (Å²) in [7, 11) is 0. The minimum atomic E-state index is -0.372. The molecule has 5 nitrogen and oxygen atoms in total. The highest BCUT2D eigenvalue weighted by Crippen LogP contribution is 2.35. The summed E-state index contributed by atoms with van der Waals surface area (Å²) in [6, 6.07) is 15.8. The van der Waals surface area contributed by atoms with Crippen LogP contribution in [0.3, 0.4) is 0 Å². The van der Waals surface area contributed by atoms with Gasteiger partial charge in [0.15, 0.2) is 0 Å². The molecule has 4 aromatic rings. The van der Waals surface area contributed by atoms with Crippen LogP contribution in [-0.4, -0.2) is 46.7 Å². The second-order valence-electron chi connectivity index (χ2n) is 8.58. The third-order valence-corrected chi connectivity index (χ3v) is 6.49. The van der Waals surface area contributed by atoms with Gasteiger partial charge in [-0.15, -0.1) is 0 Å². The molecule has 1 saturated heterocycles. The topological polar surface area (TPSA) is 57.5 Å². The van der Waals surface area contributed by atoms with Crippen LogP contribution in [-0.2, 0) is 6.42 Å². The summed E-state index contributed by atoms with van der Waals surface area (Å²) in [6.07, 6.45) is 0.295. The number of halogens is 2. The highest BCUT2D eigenvalue weighted by molar-refractivity contribution is 6.09. The number of nitrogens with zero attached hydrogens (tertiary/aromatic N) is 2. The largest absolute Gasteiger partial charge is 0.508 e. The minimum Gasteiger partial charge on any atom is -0.508 e. The van der Waals surface area contributed by atoms with E-state index in [4.69, 9.17) is 0 Å². The van der Waals surface area contributed by atoms with Crippen LogP contribution in [0, 0.1) is 18.6 Å². The van der Waals surface area contributed by atoms with Crippen LogP contribution in [0.4, 0.5) is 8.78 Å². The third kappa shape index (κ3) is 3.92. The van der Waals surface area contributed by atoms with Crippen molar-refractivity contribution in [2.24, 2.45) is 0 Å². The number of piperazine rings is 1. The molecule has 0 atom stereocenters. The number of phenols is 1. The van der Waals surface area contributed by atoms with Crippen molar-refractivity contribution < 1.29 is 18.7 Å². The summed E-state index contributed by atoms with van der Waals surface area (Å²) in [4.78, 5) is 15.7. The van der Waals surface area contributed by atoms with E-state index in [1.54, 1.807) is 43.3 Å². The number of fused-ring (bicyclic) bond motifs is 1. The summed E-state index contributed by atoms with van der Waals surface area (Å²) < 4.78 is 30.0. The Labute approximate surface area is 196 Å². The number of phenolic OH excluding ortho intramolecular Hbond substituents is 1. The number of nitrogens with one attached hydrogen (secondary N) is 1. The number of benzene rings is 3. The highest BCUT2D eigenvalue weighted by Gasteiger charge is 2.28. The molecule has 1 aliphatic heterocycles. The fraction of sp³-hybridized carbons (Fsp3) is 0.222. The van der Waals surface area contributed by atoms with E-state index < -0.39 is 0 Å². The molecule has 0 unspecified atom stereocenters. The van der Waals surface area contributed by atoms with Crippen LogP contribution in [0.5, 0.6) is 5.75 Å². The van der Waals surface area contributed by atoms with Crippen LogP contribution in [0.1, 0.15) is 27.2 Å². The number of aromatic nitrogens is 1. The quantitative estimate of drug-likeness (QED) is 0.469. The normalized spacial score (nSPS) is 14.0. The maximum Gasteiger partial charge on any atom is 0.256 e. The molecule has 0 aliphatic carbocycles. The fourth-order valence-corrected chi connectivity index (χ4v) is 4.67. The Hall–Kier alpha value is -3.71. The average Bonchev–Trinajstić information content (AvgIpc) is 3.15. The van der Waals surface area contributed by atoms with Crippen molar-refractivity contribution in [3.05, 3.63) is 94.7 Å². The lowest BCUT2D eigenvalue weighted by Gasteiger charge is -2.28. The molecule has 5 rings (SSSR count). The van der Waals surface area contributed by atoms with E-state index in [2.05, 4.69) is 5.32 Å². The zero-order valence-corrected chi connectivity index (χ0v) is 18.8. The number of amides is 1. The van der Waals surface area contributed by atoms with E-state index in [9.17, 15) is 18.7 Å². The van der Waals surface area contributed by atoms with Gasteiger partial charge in [-0.1, -0.05) is 12.1 Å². The molecule has 3 aromatic carbocycles. The van der Waals surface area contributed by atoms with Crippen LogP contribution in [0.15, 0.2) is 60.7 Å². The molecular formula is C27H25F2N3O2. The molecule has 0 spiro atoms. The zero-order chi connectivity index (χ0) is 23.8. The molecule has 2 heterocycles. The highest BCUT2D eigenvalue weighted by atomic mass is 19.1. The maximum absolute atomic E-state index is 14.4. The molecule has 2 N–H and O–H groups in total. The molecule has 0 radical (unpaired) electrons. The molecule has 7 heteroatoms. The smallest absolute Gasteiger partial charge is 0.256 e. The van der Waals surface area contributed by atoms with E-state index >= 15 is 0 Å². The molecule has 34 heavy (non-hydrogen) atoms. The van der Waals surface area contributed by atoms with Crippen molar-refractivity contribution in [2.45, 2.75) is 13.3 Å². The maximum atomic E-state index is 14.4. The summed E-state index contributed by atoms with van der Waals surface area (Å²) >= 11 is 0. The van der Waals surface area contributed by atoms with Crippen LogP contribution < -0.4 is 5.32 Å². The lowest BCUT2D eigenvalue weighted by Crippen LogP contribution is -2.46. The predicted octanol–water partition coefficient (Wildman–Crippen LogP) is 4.56. The number of hydrogen-bond acceptors (Lipinski definition) is 3. The second kappa shape index (κ2) is 8.91. The van der Waals surface area contributed by atoms with Crippen molar-refractivity contribution in [3.8, 4) is 11.4 Å². The number of aromatic hydroxyl groups is 1. The Kier molecular flexibility index (Phi) is 5.79. The van der Waals surface area contributed by atoms with Crippen LogP contribution >= 0.6 is 0 Å². The molecule has 0 bridgehead atoms. The van der Waals surface area contributed by atoms with Crippen LogP contribution in [0.2, 0.25) is 0 Å². The third-order valence-electron chi connectivity index (χ3n) is 6.49. The number of carbonyl (C=O) groups excluding carboxylic acids is 1. The van der Waals surface area contributed by atoms with Crippen molar-refractivity contribution in [1.82, 2.24) is 14.8 Å². The van der Waals surface area contributed by atoms with Gasteiger partial charge in [0.05, 0.1) is 11.1 Å². The molecule has 0 saturated carbocycles. The van der Waals surface area contributed by atoms with Gasteiger partial charge < -0.3 is 19.9 Å². The standard InChI is InChI=1S/C27H25F2N3O2/c1-17-18(3-2-4-23(17)29)15-25-26(27(34)31-13-11-30-12-14-31)22-10-9-21(33)16-24(22)32(25)20-7-5-19(28)6-8-20/h2-10,16,30,33H,11-15H2,1H3. The average molecular weight is 462 g/mol. The second-order valence-corrected chi connectivity index (χ2v) is 8.58. The first-order chi connectivity index (χ1) is 16.4. The molecular weight excluding hydrogens is 436 g/mol. The molecule has 1 aromatic heterocycles. The van der Waals surface area contributed by atoms with Crippen molar-refractivity contribution in [2.75, 3.05) is 26.2 Å². The Bertz CT molecular complexity index is 1370. The van der Waals surface area contributed by atoms with Gasteiger partial charge >= 0.3 is 0 Å². The van der Waals surface area contributed by atoms with Gasteiger partial charge in [-0.05, 0) is 60.5 Å². The van der Waals surface area contributed by atoms with Gasteiger partial charge in [-0.3, -0.25) is 4.79 Å². The number of carbonyl (C=O) groups is 1. The SMILES string of the molecule is Cc1c(F)cccc1Cc1c(C(=O)N2CCNCC2)c2ccc(O)cc2n1-c1ccc(F)cc1. The van der Waals surface area contributed by atoms with E-state index in [1.165, 1.54) is 18.2 Å². The predicted molar refractivity (Wildman–Crippen MR) is 128 cm³/mol. The van der Waals surface area contributed by atoms with Crippen LogP contribution in [0.25, 0.3) is 16.6 Å². The summed E-state index contributed by atoms with van der Waals surface area (Å²) in [6.45, 7) is 4.30. The zero-order valence-electron chi connectivity index (χ0n) is 18.8. The van der Waals surface area contributed by atoms with Gasteiger partial charge in [0.2, 0.25) is 0 Å². The summed E-state index contributed by atoms with van der Waals surface area (Å²) in [5, 5.41) is 14.2. The molecule has 1 fully saturated rings. The minimum absolute atomic E-state index is 0.0584. The van der Waals surface area contributed by atoms with Crippen molar-refractivity contribution in [3.63, 3.8) is 0 Å². The first-order valence-electron chi connectivity index (χ1n) is 11.3. The first-order valence-corrected chi connectivity index (χ1v) is 11.3. The van der Waals surface area contributed by atoms with Gasteiger partial charge in [0.1, 0.15) is 17.4 Å². The van der Waals surface area contributed by atoms with Crippen molar-refractivity contribution >= 4 is 16.8 Å². The van der Waals surface area contributed by atoms with Gasteiger partial charge in [0.25, 0.3) is 5.91 Å². The molecule has 174 valence electrons. The van der Waals surface area contributed by atoms with E-state index in [0.717, 1.165) is 5.56 Å². The monoisotopic (exact) mass is 461 g/mol. The van der Waals surface area contributed by atoms with Gasteiger partial charge in [-0.2, -0.15) is 0 Å². The Morgan fingerprint density at radius 2 is 1.76 bits per heavy atom. The lowest BCUT2D eigenvalue weighted by molar-refractivity contribution is 0.0736. The van der Waals surface area contributed by atoms with Crippen molar-refractivity contribution in [1.29, 1.82) is 0 Å². The summed E-state index contributed by atoms with van der Waals surface area (Å²) in [5.41, 5.74) is 3.75. The first kappa shape index (κ1) is 22.1. The van der Waals surface area contributed by atoms with E-state index in [1.807, 2.05) is 15.5 Å². The Morgan fingerprint density at radius 3 is 2.50 bits per heavy atom. The van der Waals surface area contributed by atoms with Gasteiger partial charge in [0, 0.05) is 55.4 Å². The van der Waals surface area contributed by atoms with E-state index in [0.29, 0.717) is 66.0 Å². The lowest BCUT2D eigenvalue weighted by atomic mass is 9.99. The molecule has 1 amide bonds. The fourth-order valence-electron chi connectivity index (χ4n) is 4.67. The van der Waals surface area contributed by atoms with E-state index in [-0.39, 0.29) is 23.3 Å². The van der Waals surface area contributed by atoms with Gasteiger partial charge in [-0.25, -0.2) is 8.78 Å². The Morgan fingerprint density at radius 1 is 1.03 bits per heavy atom. The number of rotatable bonds is 4. The summed E-state index contributed by atoms with van der Waals surface area (Å²) in [5.74, 6) is -0.734. The Balaban J connectivity index is 1.79.